The number of thiophene rings is 1. The Morgan fingerprint density at radius 2 is 2.41 bits per heavy atom. The molecule has 4 heteroatoms. The molecule has 0 saturated carbocycles. The molecule has 0 bridgehead atoms. The van der Waals surface area contributed by atoms with Gasteiger partial charge in [-0.05, 0) is 57.4 Å². The third kappa shape index (κ3) is 2.05. The normalized spacial score (nSPS) is 20.2. The van der Waals surface area contributed by atoms with Crippen LogP contribution in [0, 0.1) is 0 Å². The average molecular weight is 309 g/mol. The highest BCUT2D eigenvalue weighted by Gasteiger charge is 2.29. The van der Waals surface area contributed by atoms with Crippen molar-refractivity contribution in [2.24, 2.45) is 5.73 Å². The predicted octanol–water partition coefficient (Wildman–Crippen LogP) is 3.64. The first-order chi connectivity index (χ1) is 8.25. The third-order valence-corrected chi connectivity index (χ3v) is 4.93. The Bertz CT molecular complexity index is 538. The first kappa shape index (κ1) is 11.4. The molecule has 2 aromatic rings. The smallest absolute Gasteiger partial charge is 0.0701 e. The fourth-order valence-corrected chi connectivity index (χ4v) is 3.75. The number of fused-ring (bicyclic) bond motifs is 1. The molecule has 17 heavy (non-hydrogen) atoms. The Kier molecular flexibility index (Phi) is 3.03. The highest BCUT2D eigenvalue weighted by atomic mass is 79.9. The summed E-state index contributed by atoms with van der Waals surface area (Å²) in [5, 5.41) is 2.13. The van der Waals surface area contributed by atoms with E-state index in [1.165, 1.54) is 16.8 Å². The van der Waals surface area contributed by atoms with Crippen LogP contribution in [0.1, 0.15) is 35.2 Å². The highest BCUT2D eigenvalue weighted by Crippen LogP contribution is 2.40. The van der Waals surface area contributed by atoms with Crippen LogP contribution >= 0.6 is 27.3 Å². The molecule has 0 amide bonds. The van der Waals surface area contributed by atoms with Gasteiger partial charge in [0.2, 0.25) is 0 Å². The SMILES string of the molecule is NC(c1csc(Br)c1)C1CCc2cccnc21. The zero-order valence-electron chi connectivity index (χ0n) is 9.27. The maximum absolute atomic E-state index is 6.37. The minimum atomic E-state index is 0.0636. The highest BCUT2D eigenvalue weighted by molar-refractivity contribution is 9.11. The zero-order chi connectivity index (χ0) is 11.8. The van der Waals surface area contributed by atoms with Crippen LogP contribution in [-0.4, -0.2) is 4.98 Å². The Morgan fingerprint density at radius 3 is 3.18 bits per heavy atom. The second-order valence-corrected chi connectivity index (χ2v) is 6.69. The van der Waals surface area contributed by atoms with Crippen molar-refractivity contribution in [3.8, 4) is 0 Å². The summed E-state index contributed by atoms with van der Waals surface area (Å²) >= 11 is 5.18. The summed E-state index contributed by atoms with van der Waals surface area (Å²) in [5.74, 6) is 0.368. The number of pyridine rings is 1. The van der Waals surface area contributed by atoms with Crippen molar-refractivity contribution in [1.82, 2.24) is 4.98 Å². The van der Waals surface area contributed by atoms with Gasteiger partial charge < -0.3 is 5.73 Å². The van der Waals surface area contributed by atoms with Crippen molar-refractivity contribution < 1.29 is 0 Å². The number of nitrogens with two attached hydrogens (primary N) is 1. The summed E-state index contributed by atoms with van der Waals surface area (Å²) in [6.45, 7) is 0. The molecule has 0 spiro atoms. The lowest BCUT2D eigenvalue weighted by atomic mass is 9.93. The van der Waals surface area contributed by atoms with E-state index in [2.05, 4.69) is 38.4 Å². The quantitative estimate of drug-likeness (QED) is 0.920. The maximum atomic E-state index is 6.37. The van der Waals surface area contributed by atoms with Gasteiger partial charge in [0.1, 0.15) is 0 Å². The van der Waals surface area contributed by atoms with E-state index in [0.29, 0.717) is 5.92 Å². The maximum Gasteiger partial charge on any atom is 0.0701 e. The molecule has 88 valence electrons. The van der Waals surface area contributed by atoms with Gasteiger partial charge in [-0.25, -0.2) is 0 Å². The molecule has 2 N–H and O–H groups in total. The number of hydrogen-bond acceptors (Lipinski definition) is 3. The number of nitrogens with zero attached hydrogens (tertiary/aromatic N) is 1. The number of aryl methyl sites for hydroxylation is 1. The summed E-state index contributed by atoms with van der Waals surface area (Å²) in [6.07, 6.45) is 4.08. The molecule has 0 radical (unpaired) electrons. The van der Waals surface area contributed by atoms with Crippen LogP contribution < -0.4 is 5.73 Å². The standard InChI is InChI=1S/C13H13BrN2S/c14-11-6-9(7-17-11)12(15)10-4-3-8-2-1-5-16-13(8)10/h1-2,5-7,10,12H,3-4,15H2. The molecule has 2 heterocycles. The largest absolute Gasteiger partial charge is 0.323 e. The van der Waals surface area contributed by atoms with E-state index in [0.717, 1.165) is 16.6 Å². The van der Waals surface area contributed by atoms with Crippen molar-refractivity contribution in [2.45, 2.75) is 24.8 Å². The Morgan fingerprint density at radius 1 is 1.53 bits per heavy atom. The van der Waals surface area contributed by atoms with Gasteiger partial charge in [-0.15, -0.1) is 11.3 Å². The second kappa shape index (κ2) is 4.52. The molecule has 2 aromatic heterocycles. The minimum Gasteiger partial charge on any atom is -0.323 e. The van der Waals surface area contributed by atoms with Gasteiger partial charge in [-0.3, -0.25) is 4.98 Å². The average Bonchev–Trinajstić information content (AvgIpc) is 2.94. The summed E-state index contributed by atoms with van der Waals surface area (Å²) < 4.78 is 1.14. The van der Waals surface area contributed by atoms with Gasteiger partial charge in [0.05, 0.1) is 3.79 Å². The van der Waals surface area contributed by atoms with Crippen LogP contribution in [0.3, 0.4) is 0 Å². The molecule has 0 saturated heterocycles. The Labute approximate surface area is 113 Å². The van der Waals surface area contributed by atoms with E-state index in [4.69, 9.17) is 5.73 Å². The first-order valence-corrected chi connectivity index (χ1v) is 7.36. The van der Waals surface area contributed by atoms with Gasteiger partial charge >= 0.3 is 0 Å². The predicted molar refractivity (Wildman–Crippen MR) is 74.2 cm³/mol. The van der Waals surface area contributed by atoms with Crippen LogP contribution in [0.15, 0.2) is 33.6 Å². The molecule has 3 rings (SSSR count). The zero-order valence-corrected chi connectivity index (χ0v) is 11.7. The molecule has 0 aliphatic heterocycles. The van der Waals surface area contributed by atoms with E-state index >= 15 is 0 Å². The van der Waals surface area contributed by atoms with Crippen molar-refractivity contribution in [3.63, 3.8) is 0 Å². The fraction of sp³-hybridized carbons (Fsp3) is 0.308. The Balaban J connectivity index is 1.92. The molecule has 1 aliphatic carbocycles. The topological polar surface area (TPSA) is 38.9 Å². The number of halogens is 1. The van der Waals surface area contributed by atoms with E-state index < -0.39 is 0 Å². The fourth-order valence-electron chi connectivity index (χ4n) is 2.52. The van der Waals surface area contributed by atoms with E-state index in [9.17, 15) is 0 Å². The van der Waals surface area contributed by atoms with E-state index in [-0.39, 0.29) is 6.04 Å². The van der Waals surface area contributed by atoms with Gasteiger partial charge in [0, 0.05) is 23.9 Å². The lowest BCUT2D eigenvalue weighted by Gasteiger charge is -2.18. The molecule has 0 aromatic carbocycles. The van der Waals surface area contributed by atoms with Crippen LogP contribution in [0.4, 0.5) is 0 Å². The molecule has 1 aliphatic rings. The minimum absolute atomic E-state index is 0.0636. The first-order valence-electron chi connectivity index (χ1n) is 5.69. The monoisotopic (exact) mass is 308 g/mol. The van der Waals surface area contributed by atoms with Crippen molar-refractivity contribution in [3.05, 3.63) is 50.4 Å². The van der Waals surface area contributed by atoms with Crippen molar-refractivity contribution in [2.75, 3.05) is 0 Å². The van der Waals surface area contributed by atoms with Gasteiger partial charge in [0.15, 0.2) is 0 Å². The number of hydrogen-bond donors (Lipinski definition) is 1. The Hall–Kier alpha value is -0.710. The molecular formula is C13H13BrN2S. The molecule has 0 fully saturated rings. The molecular weight excluding hydrogens is 296 g/mol. The van der Waals surface area contributed by atoms with Crippen LogP contribution in [0.5, 0.6) is 0 Å². The lowest BCUT2D eigenvalue weighted by molar-refractivity contribution is 0.542. The van der Waals surface area contributed by atoms with Gasteiger partial charge in [0.25, 0.3) is 0 Å². The summed E-state index contributed by atoms with van der Waals surface area (Å²) in [6, 6.07) is 6.36. The number of aromatic nitrogens is 1. The van der Waals surface area contributed by atoms with Gasteiger partial charge in [-0.2, -0.15) is 0 Å². The molecule has 2 nitrogen and oxygen atoms in total. The van der Waals surface area contributed by atoms with Crippen LogP contribution in [0.25, 0.3) is 0 Å². The van der Waals surface area contributed by atoms with E-state index in [1.54, 1.807) is 11.3 Å². The summed E-state index contributed by atoms with van der Waals surface area (Å²) in [4.78, 5) is 4.51. The van der Waals surface area contributed by atoms with Crippen LogP contribution in [0.2, 0.25) is 0 Å². The second-order valence-electron chi connectivity index (χ2n) is 4.40. The number of rotatable bonds is 2. The lowest BCUT2D eigenvalue weighted by Crippen LogP contribution is -2.18. The van der Waals surface area contributed by atoms with Crippen LogP contribution in [-0.2, 0) is 6.42 Å². The van der Waals surface area contributed by atoms with Crippen molar-refractivity contribution >= 4 is 27.3 Å². The molecule has 2 atom stereocenters. The third-order valence-electron chi connectivity index (χ3n) is 3.41. The van der Waals surface area contributed by atoms with Crippen molar-refractivity contribution in [1.29, 1.82) is 0 Å². The van der Waals surface area contributed by atoms with E-state index in [1.807, 2.05) is 12.3 Å². The summed E-state index contributed by atoms with van der Waals surface area (Å²) in [7, 11) is 0. The molecule has 2 unspecified atom stereocenters. The summed E-state index contributed by atoms with van der Waals surface area (Å²) in [5.41, 5.74) is 10.1. The van der Waals surface area contributed by atoms with Gasteiger partial charge in [-0.1, -0.05) is 6.07 Å².